The van der Waals surface area contributed by atoms with E-state index in [2.05, 4.69) is 5.32 Å². The molecule has 3 unspecified atom stereocenters. The molecule has 2 heterocycles. The molecule has 1 spiro atoms. The maximum atomic E-state index is 13.0. The first kappa shape index (κ1) is 13.2. The van der Waals surface area contributed by atoms with Crippen LogP contribution < -0.4 is 5.32 Å². The predicted octanol–water partition coefficient (Wildman–Crippen LogP) is 1.82. The van der Waals surface area contributed by atoms with Crippen LogP contribution in [0.4, 0.5) is 8.78 Å². The highest BCUT2D eigenvalue weighted by Crippen LogP contribution is 2.38. The lowest BCUT2D eigenvalue weighted by Gasteiger charge is -2.40. The lowest BCUT2D eigenvalue weighted by atomic mass is 9.81. The minimum absolute atomic E-state index is 0.00889. The Bertz CT molecular complexity index is 245. The smallest absolute Gasteiger partial charge is 0.253 e. The first-order valence-corrected chi connectivity index (χ1v) is 6.40. The van der Waals surface area contributed by atoms with Crippen LogP contribution in [0.2, 0.25) is 0 Å². The van der Waals surface area contributed by atoms with E-state index in [4.69, 9.17) is 9.47 Å². The monoisotopic (exact) mass is 249 g/mol. The number of alkyl halides is 2. The van der Waals surface area contributed by atoms with Gasteiger partial charge in [-0.05, 0) is 25.3 Å². The summed E-state index contributed by atoms with van der Waals surface area (Å²) in [7, 11) is 0. The van der Waals surface area contributed by atoms with Gasteiger partial charge in [0, 0.05) is 19.6 Å². The Labute approximate surface area is 101 Å². The number of hydrogen-bond acceptors (Lipinski definition) is 3. The predicted molar refractivity (Wildman–Crippen MR) is 60.3 cm³/mol. The summed E-state index contributed by atoms with van der Waals surface area (Å²) in [5, 5.41) is 2.91. The van der Waals surface area contributed by atoms with Gasteiger partial charge in [0.2, 0.25) is 0 Å². The molecule has 1 N–H and O–H groups in total. The van der Waals surface area contributed by atoms with Crippen LogP contribution >= 0.6 is 0 Å². The third kappa shape index (κ3) is 2.95. The van der Waals surface area contributed by atoms with E-state index in [0.717, 1.165) is 6.42 Å². The van der Waals surface area contributed by atoms with E-state index in [0.29, 0.717) is 39.2 Å². The Kier molecular flexibility index (Phi) is 4.33. The number of ether oxygens (including phenoxy) is 2. The van der Waals surface area contributed by atoms with Crippen molar-refractivity contribution in [2.45, 2.75) is 44.3 Å². The van der Waals surface area contributed by atoms with Crippen molar-refractivity contribution in [3.8, 4) is 0 Å². The fourth-order valence-electron chi connectivity index (χ4n) is 2.93. The van der Waals surface area contributed by atoms with Gasteiger partial charge in [0.05, 0.1) is 18.2 Å². The van der Waals surface area contributed by atoms with Gasteiger partial charge in [0.1, 0.15) is 0 Å². The Morgan fingerprint density at radius 3 is 2.82 bits per heavy atom. The molecule has 17 heavy (non-hydrogen) atoms. The van der Waals surface area contributed by atoms with Crippen molar-refractivity contribution in [2.75, 3.05) is 26.4 Å². The first-order chi connectivity index (χ1) is 8.17. The number of rotatable bonds is 4. The van der Waals surface area contributed by atoms with Crippen LogP contribution in [0.15, 0.2) is 0 Å². The molecule has 2 aliphatic rings. The van der Waals surface area contributed by atoms with Crippen LogP contribution in [0.1, 0.15) is 26.2 Å². The highest BCUT2D eigenvalue weighted by Gasteiger charge is 2.44. The molecule has 0 aromatic carbocycles. The quantitative estimate of drug-likeness (QED) is 0.824. The topological polar surface area (TPSA) is 30.5 Å². The van der Waals surface area contributed by atoms with Crippen LogP contribution in [0.25, 0.3) is 0 Å². The van der Waals surface area contributed by atoms with E-state index in [-0.39, 0.29) is 11.5 Å². The second kappa shape index (κ2) is 5.59. The Morgan fingerprint density at radius 1 is 1.41 bits per heavy atom. The lowest BCUT2D eigenvalue weighted by Crippen LogP contribution is -2.50. The standard InChI is InChI=1S/C12H21F2NO2/c1-2-15-10(11(13)14)9-3-5-17-12(7-9)4-6-16-8-12/h9-11,15H,2-8H2,1H3. The zero-order chi connectivity index (χ0) is 12.3. The summed E-state index contributed by atoms with van der Waals surface area (Å²) in [5.41, 5.74) is -0.286. The van der Waals surface area contributed by atoms with Crippen molar-refractivity contribution in [3.63, 3.8) is 0 Å². The van der Waals surface area contributed by atoms with Gasteiger partial charge < -0.3 is 14.8 Å². The van der Waals surface area contributed by atoms with E-state index in [9.17, 15) is 8.78 Å². The molecule has 0 bridgehead atoms. The molecule has 0 aromatic rings. The van der Waals surface area contributed by atoms with Crippen LogP contribution in [0, 0.1) is 5.92 Å². The van der Waals surface area contributed by atoms with Crippen molar-refractivity contribution in [3.05, 3.63) is 0 Å². The summed E-state index contributed by atoms with van der Waals surface area (Å²) in [6, 6.07) is -0.707. The van der Waals surface area contributed by atoms with Crippen molar-refractivity contribution in [1.29, 1.82) is 0 Å². The fourth-order valence-corrected chi connectivity index (χ4v) is 2.93. The number of halogens is 2. The van der Waals surface area contributed by atoms with Crippen LogP contribution in [-0.2, 0) is 9.47 Å². The van der Waals surface area contributed by atoms with Gasteiger partial charge in [0.15, 0.2) is 0 Å². The summed E-state index contributed by atoms with van der Waals surface area (Å²) in [6.45, 7) is 4.26. The molecule has 0 amide bonds. The van der Waals surface area contributed by atoms with E-state index in [1.54, 1.807) is 0 Å². The minimum atomic E-state index is -2.31. The number of hydrogen-bond donors (Lipinski definition) is 1. The Morgan fingerprint density at radius 2 is 2.24 bits per heavy atom. The van der Waals surface area contributed by atoms with E-state index < -0.39 is 12.5 Å². The molecule has 100 valence electrons. The zero-order valence-electron chi connectivity index (χ0n) is 10.3. The van der Waals surface area contributed by atoms with Crippen molar-refractivity contribution < 1.29 is 18.3 Å². The molecular weight excluding hydrogens is 228 g/mol. The summed E-state index contributed by atoms with van der Waals surface area (Å²) in [5.74, 6) is -0.00889. The van der Waals surface area contributed by atoms with Gasteiger partial charge in [-0.25, -0.2) is 8.78 Å². The minimum Gasteiger partial charge on any atom is -0.378 e. The molecule has 5 heteroatoms. The SMILES string of the molecule is CCNC(C(F)F)C1CCOC2(CCOC2)C1. The molecule has 2 fully saturated rings. The van der Waals surface area contributed by atoms with Gasteiger partial charge in [-0.1, -0.05) is 6.92 Å². The number of nitrogens with one attached hydrogen (secondary N) is 1. The second-order valence-electron chi connectivity index (χ2n) is 5.00. The van der Waals surface area contributed by atoms with E-state index in [1.807, 2.05) is 6.92 Å². The third-order valence-electron chi connectivity index (χ3n) is 3.82. The maximum absolute atomic E-state index is 13.0. The summed E-state index contributed by atoms with van der Waals surface area (Å²) in [6.07, 6.45) is -0.0675. The van der Waals surface area contributed by atoms with Gasteiger partial charge in [-0.2, -0.15) is 0 Å². The van der Waals surface area contributed by atoms with Gasteiger partial charge in [0.25, 0.3) is 6.43 Å². The van der Waals surface area contributed by atoms with Gasteiger partial charge in [-0.15, -0.1) is 0 Å². The molecule has 0 saturated carbocycles. The molecule has 3 nitrogen and oxygen atoms in total. The van der Waals surface area contributed by atoms with Gasteiger partial charge in [-0.3, -0.25) is 0 Å². The average Bonchev–Trinajstić information content (AvgIpc) is 2.73. The van der Waals surface area contributed by atoms with E-state index in [1.165, 1.54) is 0 Å². The first-order valence-electron chi connectivity index (χ1n) is 6.40. The fraction of sp³-hybridized carbons (Fsp3) is 1.00. The van der Waals surface area contributed by atoms with Crippen LogP contribution in [0.5, 0.6) is 0 Å². The molecular formula is C12H21F2NO2. The normalized spacial score (nSPS) is 35.6. The molecule has 0 aromatic heterocycles. The zero-order valence-corrected chi connectivity index (χ0v) is 10.3. The van der Waals surface area contributed by atoms with Crippen LogP contribution in [-0.4, -0.2) is 44.4 Å². The van der Waals surface area contributed by atoms with E-state index >= 15 is 0 Å². The van der Waals surface area contributed by atoms with Crippen molar-refractivity contribution in [2.24, 2.45) is 5.92 Å². The second-order valence-corrected chi connectivity index (χ2v) is 5.00. The summed E-state index contributed by atoms with van der Waals surface area (Å²) in [4.78, 5) is 0. The van der Waals surface area contributed by atoms with Crippen LogP contribution in [0.3, 0.4) is 0 Å². The molecule has 2 rings (SSSR count). The largest absolute Gasteiger partial charge is 0.378 e. The Balaban J connectivity index is 1.99. The average molecular weight is 249 g/mol. The molecule has 0 radical (unpaired) electrons. The third-order valence-corrected chi connectivity index (χ3v) is 3.82. The Hall–Kier alpha value is -0.260. The van der Waals surface area contributed by atoms with Crippen molar-refractivity contribution >= 4 is 0 Å². The maximum Gasteiger partial charge on any atom is 0.253 e. The molecule has 2 saturated heterocycles. The highest BCUT2D eigenvalue weighted by molar-refractivity contribution is 4.94. The van der Waals surface area contributed by atoms with Gasteiger partial charge >= 0.3 is 0 Å². The molecule has 3 atom stereocenters. The van der Waals surface area contributed by atoms with Crippen molar-refractivity contribution in [1.82, 2.24) is 5.32 Å². The lowest BCUT2D eigenvalue weighted by molar-refractivity contribution is -0.111. The molecule has 0 aliphatic carbocycles. The summed E-state index contributed by atoms with van der Waals surface area (Å²) >= 11 is 0. The summed E-state index contributed by atoms with van der Waals surface area (Å²) < 4.78 is 37.1. The molecule has 2 aliphatic heterocycles. The highest BCUT2D eigenvalue weighted by atomic mass is 19.3.